The summed E-state index contributed by atoms with van der Waals surface area (Å²) in [5.41, 5.74) is 4.22. The molecule has 5 atom stereocenters. The number of fused-ring (bicyclic) bond motifs is 3. The lowest BCUT2D eigenvalue weighted by Gasteiger charge is -2.42. The van der Waals surface area contributed by atoms with Gasteiger partial charge in [-0.2, -0.15) is 0 Å². The van der Waals surface area contributed by atoms with Gasteiger partial charge in [-0.25, -0.2) is 4.79 Å². The summed E-state index contributed by atoms with van der Waals surface area (Å²) in [5.74, 6) is 0.229. The Morgan fingerprint density at radius 2 is 1.61 bits per heavy atom. The lowest BCUT2D eigenvalue weighted by atomic mass is 9.79. The first-order valence-electron chi connectivity index (χ1n) is 13.6. The molecule has 0 bridgehead atoms. The van der Waals surface area contributed by atoms with Gasteiger partial charge >= 0.3 is 6.03 Å². The number of rotatable bonds is 4. The normalized spacial score (nSPS) is 26.0. The van der Waals surface area contributed by atoms with Crippen LogP contribution in [0, 0.1) is 11.8 Å². The van der Waals surface area contributed by atoms with E-state index in [-0.39, 0.29) is 36.0 Å². The van der Waals surface area contributed by atoms with Crippen molar-refractivity contribution in [3.05, 3.63) is 95.0 Å². The summed E-state index contributed by atoms with van der Waals surface area (Å²) < 4.78 is 0. The van der Waals surface area contributed by atoms with E-state index in [0.717, 1.165) is 44.3 Å². The summed E-state index contributed by atoms with van der Waals surface area (Å²) in [6.07, 6.45) is 4.54. The Labute approximate surface area is 228 Å². The average Bonchev–Trinajstić information content (AvgIpc) is 3.40. The Morgan fingerprint density at radius 3 is 2.42 bits per heavy atom. The lowest BCUT2D eigenvalue weighted by molar-refractivity contribution is -0.138. The third kappa shape index (κ3) is 4.85. The summed E-state index contributed by atoms with van der Waals surface area (Å²) >= 11 is 5.97. The van der Waals surface area contributed by atoms with Crippen LogP contribution in [0.25, 0.3) is 0 Å². The van der Waals surface area contributed by atoms with Crippen LogP contribution < -0.4 is 16.0 Å². The molecular weight excluding hydrogens is 496 g/mol. The third-order valence-electron chi connectivity index (χ3n) is 8.41. The van der Waals surface area contributed by atoms with Crippen LogP contribution in [0.2, 0.25) is 5.02 Å². The molecule has 7 heteroatoms. The maximum Gasteiger partial charge on any atom is 0.319 e. The molecule has 3 aromatic carbocycles. The molecule has 1 aliphatic carbocycles. The van der Waals surface area contributed by atoms with Crippen LogP contribution in [-0.4, -0.2) is 29.4 Å². The van der Waals surface area contributed by atoms with Crippen LogP contribution in [0.3, 0.4) is 0 Å². The zero-order chi connectivity index (χ0) is 26.1. The number of urea groups is 1. The zero-order valence-corrected chi connectivity index (χ0v) is 22.0. The molecule has 2 fully saturated rings. The highest BCUT2D eigenvalue weighted by Crippen LogP contribution is 2.51. The van der Waals surface area contributed by atoms with Gasteiger partial charge in [0.15, 0.2) is 0 Å². The van der Waals surface area contributed by atoms with Gasteiger partial charge in [0.2, 0.25) is 5.91 Å². The Balaban J connectivity index is 1.23. The van der Waals surface area contributed by atoms with E-state index in [9.17, 15) is 9.59 Å². The molecule has 1 saturated heterocycles. The van der Waals surface area contributed by atoms with Crippen molar-refractivity contribution in [3.8, 4) is 0 Å². The second-order valence-corrected chi connectivity index (χ2v) is 11.1. The summed E-state index contributed by atoms with van der Waals surface area (Å²) in [5, 5.41) is 10.4. The molecule has 3 aromatic rings. The fraction of sp³-hybridized carbons (Fsp3) is 0.355. The van der Waals surface area contributed by atoms with E-state index in [0.29, 0.717) is 16.6 Å². The van der Waals surface area contributed by atoms with Crippen molar-refractivity contribution < 1.29 is 9.59 Å². The highest BCUT2D eigenvalue weighted by atomic mass is 35.5. The van der Waals surface area contributed by atoms with Gasteiger partial charge in [0, 0.05) is 34.9 Å². The molecule has 6 rings (SSSR count). The van der Waals surface area contributed by atoms with Crippen molar-refractivity contribution in [2.75, 3.05) is 17.2 Å². The van der Waals surface area contributed by atoms with E-state index in [1.165, 1.54) is 11.1 Å². The van der Waals surface area contributed by atoms with E-state index < -0.39 is 0 Å². The van der Waals surface area contributed by atoms with Crippen molar-refractivity contribution in [2.45, 2.75) is 50.2 Å². The Morgan fingerprint density at radius 1 is 0.868 bits per heavy atom. The van der Waals surface area contributed by atoms with Gasteiger partial charge in [-0.05, 0) is 60.7 Å². The number of hydrogen-bond donors (Lipinski definition) is 3. The van der Waals surface area contributed by atoms with Crippen LogP contribution in [0.5, 0.6) is 0 Å². The fourth-order valence-corrected chi connectivity index (χ4v) is 6.77. The molecule has 196 valence electrons. The SMILES string of the molecule is O=C(Nc1ccc(Cl)cc1)N[C@@H]1CCCC[C@@H]1C(=O)N1CC[C@H]2[C@H](c3ccccc3)Nc3ccccc3[C@@H]21. The largest absolute Gasteiger partial charge is 0.378 e. The number of nitrogens with one attached hydrogen (secondary N) is 3. The Hall–Kier alpha value is -3.51. The first-order chi connectivity index (χ1) is 18.6. The van der Waals surface area contributed by atoms with Gasteiger partial charge in [0.05, 0.1) is 18.0 Å². The number of carbonyl (C=O) groups is 2. The van der Waals surface area contributed by atoms with Gasteiger partial charge in [0.1, 0.15) is 0 Å². The van der Waals surface area contributed by atoms with Crippen molar-refractivity contribution in [2.24, 2.45) is 11.8 Å². The molecular formula is C31H33ClN4O2. The molecule has 0 unspecified atom stereocenters. The number of para-hydroxylation sites is 1. The van der Waals surface area contributed by atoms with E-state index in [2.05, 4.69) is 69.4 Å². The molecule has 2 heterocycles. The van der Waals surface area contributed by atoms with Gasteiger partial charge in [-0.1, -0.05) is 73.0 Å². The molecule has 3 aliphatic rings. The van der Waals surface area contributed by atoms with Crippen molar-refractivity contribution in [3.63, 3.8) is 0 Å². The summed E-state index contributed by atoms with van der Waals surface area (Å²) in [6.45, 7) is 0.730. The standard InChI is InChI=1S/C31H33ClN4O2/c32-21-14-16-22(17-15-21)33-31(38)35-27-13-7-5-11-24(27)30(37)36-19-18-25-28(20-8-2-1-3-9-20)34-26-12-6-4-10-23(26)29(25)36/h1-4,6,8-10,12,14-17,24-25,27-29,34H,5,7,11,13,18-19H2,(H2,33,35,38)/t24-,25-,27+,28-,29-/m0/s1. The van der Waals surface area contributed by atoms with Crippen LogP contribution in [0.15, 0.2) is 78.9 Å². The van der Waals surface area contributed by atoms with Crippen LogP contribution in [0.1, 0.15) is 55.3 Å². The van der Waals surface area contributed by atoms with E-state index in [4.69, 9.17) is 11.6 Å². The van der Waals surface area contributed by atoms with E-state index in [1.54, 1.807) is 24.3 Å². The number of anilines is 2. The quantitative estimate of drug-likeness (QED) is 0.349. The minimum Gasteiger partial charge on any atom is -0.378 e. The smallest absolute Gasteiger partial charge is 0.319 e. The Bertz CT molecular complexity index is 1300. The van der Waals surface area contributed by atoms with Crippen molar-refractivity contribution in [1.82, 2.24) is 10.2 Å². The minimum atomic E-state index is -0.285. The second-order valence-electron chi connectivity index (χ2n) is 10.7. The molecule has 38 heavy (non-hydrogen) atoms. The number of likely N-dealkylation sites (tertiary alicyclic amines) is 1. The number of nitrogens with zero attached hydrogens (tertiary/aromatic N) is 1. The molecule has 6 nitrogen and oxygen atoms in total. The Kier molecular flexibility index (Phi) is 6.98. The summed E-state index contributed by atoms with van der Waals surface area (Å²) in [6, 6.07) is 25.7. The minimum absolute atomic E-state index is 0.0237. The first kappa shape index (κ1) is 24.8. The molecule has 3 amide bonds. The highest BCUT2D eigenvalue weighted by molar-refractivity contribution is 6.30. The predicted octanol–water partition coefficient (Wildman–Crippen LogP) is 6.78. The second kappa shape index (κ2) is 10.7. The number of halogens is 1. The highest BCUT2D eigenvalue weighted by Gasteiger charge is 2.48. The summed E-state index contributed by atoms with van der Waals surface area (Å²) in [7, 11) is 0. The monoisotopic (exact) mass is 528 g/mol. The fourth-order valence-electron chi connectivity index (χ4n) is 6.64. The molecule has 0 radical (unpaired) electrons. The zero-order valence-electron chi connectivity index (χ0n) is 21.3. The average molecular weight is 529 g/mol. The number of amides is 3. The molecule has 2 aliphatic heterocycles. The van der Waals surface area contributed by atoms with Crippen LogP contribution >= 0.6 is 11.6 Å². The van der Waals surface area contributed by atoms with E-state index >= 15 is 0 Å². The van der Waals surface area contributed by atoms with Gasteiger partial charge < -0.3 is 20.9 Å². The topological polar surface area (TPSA) is 73.5 Å². The van der Waals surface area contributed by atoms with Gasteiger partial charge in [-0.3, -0.25) is 4.79 Å². The van der Waals surface area contributed by atoms with Gasteiger partial charge in [0.25, 0.3) is 0 Å². The molecule has 1 saturated carbocycles. The number of carbonyl (C=O) groups excluding carboxylic acids is 2. The van der Waals surface area contributed by atoms with Crippen LogP contribution in [-0.2, 0) is 4.79 Å². The van der Waals surface area contributed by atoms with Crippen LogP contribution in [0.4, 0.5) is 16.2 Å². The van der Waals surface area contributed by atoms with Gasteiger partial charge in [-0.15, -0.1) is 0 Å². The summed E-state index contributed by atoms with van der Waals surface area (Å²) in [4.78, 5) is 29.2. The van der Waals surface area contributed by atoms with E-state index in [1.807, 2.05) is 6.07 Å². The third-order valence-corrected chi connectivity index (χ3v) is 8.66. The molecule has 0 spiro atoms. The lowest BCUT2D eigenvalue weighted by Crippen LogP contribution is -2.51. The predicted molar refractivity (Wildman–Crippen MR) is 151 cm³/mol. The maximum absolute atomic E-state index is 14.2. The van der Waals surface area contributed by atoms with Crippen molar-refractivity contribution >= 4 is 34.9 Å². The first-order valence-corrected chi connectivity index (χ1v) is 14.0. The maximum atomic E-state index is 14.2. The molecule has 3 N–H and O–H groups in total. The number of benzene rings is 3. The molecule has 0 aromatic heterocycles. The number of hydrogen-bond acceptors (Lipinski definition) is 3. The van der Waals surface area contributed by atoms with Crippen molar-refractivity contribution in [1.29, 1.82) is 0 Å².